The summed E-state index contributed by atoms with van der Waals surface area (Å²) in [5.74, 6) is 0. The Labute approximate surface area is 157 Å². The van der Waals surface area contributed by atoms with Crippen molar-refractivity contribution in [2.24, 2.45) is 10.7 Å². The lowest BCUT2D eigenvalue weighted by Crippen LogP contribution is -2.34. The Balaban J connectivity index is 1.81. The number of unbranched alkanes of at least 4 members (excludes halogenated alkanes) is 11. The molecule has 0 bridgehead atoms. The van der Waals surface area contributed by atoms with Gasteiger partial charge in [0.15, 0.2) is 0 Å². The second-order valence-electron chi connectivity index (χ2n) is 7.47. The zero-order chi connectivity index (χ0) is 18.0. The average Bonchev–Trinajstić information content (AvgIpc) is 3.06. The van der Waals surface area contributed by atoms with Gasteiger partial charge in [0.2, 0.25) is 0 Å². The standard InChI is InChI=1S/C22H43N3/c1-2-3-4-5-6-7-8-9-10-11-12-13-14-15-16-17-22-24-19-21-25(22)20-18-23/h10-11,19,22H,2-9,12-18,20-21,23H2,1H3/b11-10+. The topological polar surface area (TPSA) is 41.6 Å². The van der Waals surface area contributed by atoms with Crippen molar-refractivity contribution in [3.05, 3.63) is 12.2 Å². The molecule has 25 heavy (non-hydrogen) atoms. The van der Waals surface area contributed by atoms with E-state index in [4.69, 9.17) is 5.73 Å². The van der Waals surface area contributed by atoms with E-state index in [1.54, 1.807) is 0 Å². The van der Waals surface area contributed by atoms with Gasteiger partial charge in [0.25, 0.3) is 0 Å². The van der Waals surface area contributed by atoms with Crippen LogP contribution >= 0.6 is 0 Å². The Morgan fingerprint density at radius 2 is 1.52 bits per heavy atom. The molecular weight excluding hydrogens is 306 g/mol. The first-order valence-corrected chi connectivity index (χ1v) is 11.0. The summed E-state index contributed by atoms with van der Waals surface area (Å²) in [6.07, 6.45) is 26.2. The summed E-state index contributed by atoms with van der Waals surface area (Å²) in [5, 5.41) is 0. The van der Waals surface area contributed by atoms with Gasteiger partial charge < -0.3 is 5.73 Å². The summed E-state index contributed by atoms with van der Waals surface area (Å²) in [6.45, 7) is 5.00. The molecule has 2 N–H and O–H groups in total. The summed E-state index contributed by atoms with van der Waals surface area (Å²) in [6, 6.07) is 0. The first kappa shape index (κ1) is 22.4. The van der Waals surface area contributed by atoms with E-state index in [0.29, 0.717) is 6.17 Å². The van der Waals surface area contributed by atoms with E-state index in [1.807, 2.05) is 0 Å². The van der Waals surface area contributed by atoms with Crippen LogP contribution in [0.15, 0.2) is 17.1 Å². The maximum absolute atomic E-state index is 5.65. The van der Waals surface area contributed by atoms with Crippen LogP contribution in [0, 0.1) is 0 Å². The van der Waals surface area contributed by atoms with Crippen LogP contribution in [0.3, 0.4) is 0 Å². The van der Waals surface area contributed by atoms with E-state index >= 15 is 0 Å². The molecule has 1 heterocycles. The molecule has 0 radical (unpaired) electrons. The molecule has 1 aliphatic rings. The fourth-order valence-corrected chi connectivity index (χ4v) is 3.55. The number of aliphatic imine (C=N–C) groups is 1. The second kappa shape index (κ2) is 16.8. The van der Waals surface area contributed by atoms with Crippen molar-refractivity contribution in [1.29, 1.82) is 0 Å². The molecule has 0 saturated heterocycles. The van der Waals surface area contributed by atoms with Gasteiger partial charge in [-0.3, -0.25) is 9.89 Å². The molecule has 146 valence electrons. The molecular formula is C22H43N3. The third-order valence-electron chi connectivity index (χ3n) is 5.16. The first-order valence-electron chi connectivity index (χ1n) is 11.0. The van der Waals surface area contributed by atoms with Crippen LogP contribution in [-0.4, -0.2) is 36.9 Å². The molecule has 0 spiro atoms. The van der Waals surface area contributed by atoms with Gasteiger partial charge >= 0.3 is 0 Å². The molecule has 0 aromatic rings. The zero-order valence-corrected chi connectivity index (χ0v) is 16.8. The summed E-state index contributed by atoms with van der Waals surface area (Å²) in [4.78, 5) is 6.97. The molecule has 0 aromatic carbocycles. The van der Waals surface area contributed by atoms with E-state index < -0.39 is 0 Å². The molecule has 1 unspecified atom stereocenters. The predicted molar refractivity (Wildman–Crippen MR) is 112 cm³/mol. The Bertz CT molecular complexity index is 338. The largest absolute Gasteiger partial charge is 0.329 e. The predicted octanol–water partition coefficient (Wildman–Crippen LogP) is 5.70. The number of hydrogen-bond acceptors (Lipinski definition) is 3. The van der Waals surface area contributed by atoms with Gasteiger partial charge in [-0.2, -0.15) is 0 Å². The van der Waals surface area contributed by atoms with Crippen LogP contribution in [0.4, 0.5) is 0 Å². The van der Waals surface area contributed by atoms with E-state index in [9.17, 15) is 0 Å². The summed E-state index contributed by atoms with van der Waals surface area (Å²) in [5.41, 5.74) is 5.65. The van der Waals surface area contributed by atoms with E-state index in [2.05, 4.69) is 35.2 Å². The summed E-state index contributed by atoms with van der Waals surface area (Å²) < 4.78 is 0. The van der Waals surface area contributed by atoms with Crippen LogP contribution in [0.5, 0.6) is 0 Å². The van der Waals surface area contributed by atoms with E-state index in [-0.39, 0.29) is 0 Å². The molecule has 3 heteroatoms. The minimum atomic E-state index is 0.408. The molecule has 1 rings (SSSR count). The van der Waals surface area contributed by atoms with Gasteiger partial charge in [-0.25, -0.2) is 0 Å². The SMILES string of the molecule is CCCCCCCCC/C=C/CCCCCCC1N=CCN1CCN. The van der Waals surface area contributed by atoms with Crippen molar-refractivity contribution in [3.8, 4) is 0 Å². The Kier molecular flexibility index (Phi) is 15.0. The number of rotatable bonds is 17. The monoisotopic (exact) mass is 349 g/mol. The normalized spacial score (nSPS) is 17.9. The Hall–Kier alpha value is -0.670. The van der Waals surface area contributed by atoms with Crippen LogP contribution < -0.4 is 5.73 Å². The molecule has 0 aliphatic carbocycles. The Morgan fingerprint density at radius 3 is 2.16 bits per heavy atom. The van der Waals surface area contributed by atoms with E-state index in [1.165, 1.54) is 89.9 Å². The zero-order valence-electron chi connectivity index (χ0n) is 16.8. The van der Waals surface area contributed by atoms with Crippen molar-refractivity contribution in [1.82, 2.24) is 4.90 Å². The lowest BCUT2D eigenvalue weighted by Gasteiger charge is -2.21. The van der Waals surface area contributed by atoms with Gasteiger partial charge in [-0.05, 0) is 38.5 Å². The molecule has 0 fully saturated rings. The lowest BCUT2D eigenvalue weighted by atomic mass is 10.1. The first-order chi connectivity index (χ1) is 12.4. The Morgan fingerprint density at radius 1 is 0.920 bits per heavy atom. The maximum atomic E-state index is 5.65. The highest BCUT2D eigenvalue weighted by atomic mass is 15.3. The van der Waals surface area contributed by atoms with Gasteiger partial charge in [-0.1, -0.05) is 70.4 Å². The van der Waals surface area contributed by atoms with Crippen LogP contribution in [-0.2, 0) is 0 Å². The summed E-state index contributed by atoms with van der Waals surface area (Å²) >= 11 is 0. The highest BCUT2D eigenvalue weighted by molar-refractivity contribution is 5.62. The van der Waals surface area contributed by atoms with Crippen molar-refractivity contribution in [2.75, 3.05) is 19.6 Å². The number of hydrogen-bond donors (Lipinski definition) is 1. The van der Waals surface area contributed by atoms with Crippen molar-refractivity contribution < 1.29 is 0 Å². The average molecular weight is 350 g/mol. The molecule has 0 aromatic heterocycles. The van der Waals surface area contributed by atoms with Crippen molar-refractivity contribution in [3.63, 3.8) is 0 Å². The minimum absolute atomic E-state index is 0.408. The van der Waals surface area contributed by atoms with Crippen LogP contribution in [0.25, 0.3) is 0 Å². The van der Waals surface area contributed by atoms with Crippen molar-refractivity contribution in [2.45, 2.75) is 103 Å². The smallest absolute Gasteiger partial charge is 0.102 e. The second-order valence-corrected chi connectivity index (χ2v) is 7.47. The number of allylic oxidation sites excluding steroid dienone is 2. The highest BCUT2D eigenvalue weighted by Gasteiger charge is 2.18. The van der Waals surface area contributed by atoms with Crippen LogP contribution in [0.2, 0.25) is 0 Å². The molecule has 1 aliphatic heterocycles. The third-order valence-corrected chi connectivity index (χ3v) is 5.16. The number of nitrogens with zero attached hydrogens (tertiary/aromatic N) is 2. The lowest BCUT2D eigenvalue weighted by molar-refractivity contribution is 0.241. The number of nitrogens with two attached hydrogens (primary N) is 1. The van der Waals surface area contributed by atoms with Gasteiger partial charge in [0, 0.05) is 25.8 Å². The third kappa shape index (κ3) is 12.3. The van der Waals surface area contributed by atoms with Gasteiger partial charge in [0.05, 0.1) is 0 Å². The van der Waals surface area contributed by atoms with E-state index in [0.717, 1.165) is 19.6 Å². The molecule has 0 saturated carbocycles. The highest BCUT2D eigenvalue weighted by Crippen LogP contribution is 2.15. The molecule has 1 atom stereocenters. The fraction of sp³-hybridized carbons (Fsp3) is 0.864. The fourth-order valence-electron chi connectivity index (χ4n) is 3.55. The molecule has 3 nitrogen and oxygen atoms in total. The quantitative estimate of drug-likeness (QED) is 0.270. The summed E-state index contributed by atoms with van der Waals surface area (Å²) in [7, 11) is 0. The molecule has 0 amide bonds. The minimum Gasteiger partial charge on any atom is -0.329 e. The van der Waals surface area contributed by atoms with Gasteiger partial charge in [0.1, 0.15) is 6.17 Å². The van der Waals surface area contributed by atoms with Crippen molar-refractivity contribution >= 4 is 6.21 Å². The maximum Gasteiger partial charge on any atom is 0.102 e. The van der Waals surface area contributed by atoms with Gasteiger partial charge in [-0.15, -0.1) is 0 Å². The van der Waals surface area contributed by atoms with Crippen LogP contribution in [0.1, 0.15) is 96.8 Å².